The van der Waals surface area contributed by atoms with E-state index in [-0.39, 0.29) is 28.3 Å². The summed E-state index contributed by atoms with van der Waals surface area (Å²) in [5, 5.41) is 13.8. The van der Waals surface area contributed by atoms with Crippen molar-refractivity contribution in [2.75, 3.05) is 5.32 Å². The van der Waals surface area contributed by atoms with Crippen LogP contribution in [0.3, 0.4) is 0 Å². The molecule has 0 fully saturated rings. The fourth-order valence-corrected chi connectivity index (χ4v) is 3.34. The van der Waals surface area contributed by atoms with Crippen LogP contribution in [-0.4, -0.2) is 22.6 Å². The van der Waals surface area contributed by atoms with Crippen LogP contribution in [-0.2, 0) is 10.4 Å². The SMILES string of the molecule is CC(=O)Nc1cc(C)cc(C)c1C1(O)C(=O)c2ccccc2C1=O. The number of aryl methyl sites for hydroxylation is 2. The topological polar surface area (TPSA) is 83.5 Å². The van der Waals surface area contributed by atoms with Crippen molar-refractivity contribution in [1.29, 1.82) is 0 Å². The zero-order valence-corrected chi connectivity index (χ0v) is 13.6. The molecule has 3 rings (SSSR count). The number of fused-ring (bicyclic) bond motifs is 1. The number of rotatable bonds is 2. The number of carbonyl (C=O) groups excluding carboxylic acids is 3. The predicted molar refractivity (Wildman–Crippen MR) is 89.2 cm³/mol. The molecule has 0 aliphatic heterocycles. The van der Waals surface area contributed by atoms with Crippen LogP contribution in [0.4, 0.5) is 5.69 Å². The van der Waals surface area contributed by atoms with Gasteiger partial charge < -0.3 is 10.4 Å². The highest BCUT2D eigenvalue weighted by molar-refractivity contribution is 6.32. The predicted octanol–water partition coefficient (Wildman–Crippen LogP) is 2.53. The van der Waals surface area contributed by atoms with Crippen molar-refractivity contribution in [2.24, 2.45) is 0 Å². The smallest absolute Gasteiger partial charge is 0.221 e. The number of hydrogen-bond donors (Lipinski definition) is 2. The highest BCUT2D eigenvalue weighted by Gasteiger charge is 2.54. The maximum atomic E-state index is 12.8. The molecular weight excluding hydrogens is 306 g/mol. The Morgan fingerprint density at radius 1 is 1.04 bits per heavy atom. The lowest BCUT2D eigenvalue weighted by Gasteiger charge is -2.25. The molecule has 0 saturated carbocycles. The molecule has 0 unspecified atom stereocenters. The maximum Gasteiger partial charge on any atom is 0.221 e. The molecule has 0 spiro atoms. The van der Waals surface area contributed by atoms with Gasteiger partial charge in [0.1, 0.15) is 0 Å². The van der Waals surface area contributed by atoms with Crippen molar-refractivity contribution >= 4 is 23.2 Å². The summed E-state index contributed by atoms with van der Waals surface area (Å²) in [6, 6.07) is 9.75. The molecule has 0 radical (unpaired) electrons. The van der Waals surface area contributed by atoms with E-state index in [2.05, 4.69) is 5.32 Å². The van der Waals surface area contributed by atoms with Crippen LogP contribution in [0.25, 0.3) is 0 Å². The van der Waals surface area contributed by atoms with Crippen molar-refractivity contribution < 1.29 is 19.5 Å². The normalized spacial score (nSPS) is 15.3. The van der Waals surface area contributed by atoms with Crippen LogP contribution in [0.5, 0.6) is 0 Å². The van der Waals surface area contributed by atoms with E-state index in [0.29, 0.717) is 5.56 Å². The molecule has 1 aliphatic carbocycles. The summed E-state index contributed by atoms with van der Waals surface area (Å²) >= 11 is 0. The van der Waals surface area contributed by atoms with Gasteiger partial charge in [0.25, 0.3) is 0 Å². The third-order valence-corrected chi connectivity index (χ3v) is 4.23. The van der Waals surface area contributed by atoms with Crippen molar-refractivity contribution in [3.63, 3.8) is 0 Å². The van der Waals surface area contributed by atoms with Crippen LogP contribution in [0.1, 0.15) is 44.3 Å². The highest BCUT2D eigenvalue weighted by atomic mass is 16.3. The molecule has 2 aromatic carbocycles. The van der Waals surface area contributed by atoms with Crippen LogP contribution in [0, 0.1) is 13.8 Å². The van der Waals surface area contributed by atoms with Gasteiger partial charge in [-0.25, -0.2) is 0 Å². The molecule has 0 aromatic heterocycles. The first kappa shape index (κ1) is 16.1. The van der Waals surface area contributed by atoms with Gasteiger partial charge in [-0.3, -0.25) is 14.4 Å². The first-order valence-electron chi connectivity index (χ1n) is 7.57. The quantitative estimate of drug-likeness (QED) is 0.832. The minimum absolute atomic E-state index is 0.134. The van der Waals surface area contributed by atoms with Gasteiger partial charge in [-0.05, 0) is 31.0 Å². The fraction of sp³-hybridized carbons (Fsp3) is 0.211. The number of aliphatic hydroxyl groups is 1. The summed E-state index contributed by atoms with van der Waals surface area (Å²) < 4.78 is 0. The Hall–Kier alpha value is -2.79. The van der Waals surface area contributed by atoms with Gasteiger partial charge >= 0.3 is 0 Å². The Kier molecular flexibility index (Phi) is 3.61. The van der Waals surface area contributed by atoms with Gasteiger partial charge in [0.05, 0.1) is 0 Å². The Bertz CT molecular complexity index is 863. The minimum Gasteiger partial charge on any atom is -0.370 e. The van der Waals surface area contributed by atoms with Crippen LogP contribution in [0.2, 0.25) is 0 Å². The average molecular weight is 323 g/mol. The van der Waals surface area contributed by atoms with Crippen LogP contribution < -0.4 is 5.32 Å². The molecule has 24 heavy (non-hydrogen) atoms. The summed E-state index contributed by atoms with van der Waals surface area (Å²) in [5.41, 5.74) is -0.113. The zero-order chi connectivity index (χ0) is 17.6. The van der Waals surface area contributed by atoms with Crippen LogP contribution >= 0.6 is 0 Å². The van der Waals surface area contributed by atoms with E-state index in [0.717, 1.165) is 5.56 Å². The second kappa shape index (κ2) is 5.39. The Balaban J connectivity index is 2.28. The summed E-state index contributed by atoms with van der Waals surface area (Å²) in [6.07, 6.45) is 0. The van der Waals surface area contributed by atoms with E-state index in [9.17, 15) is 19.5 Å². The van der Waals surface area contributed by atoms with Gasteiger partial charge in [-0.2, -0.15) is 0 Å². The van der Waals surface area contributed by atoms with Gasteiger partial charge in [0, 0.05) is 29.3 Å². The van der Waals surface area contributed by atoms with E-state index in [1.165, 1.54) is 19.1 Å². The van der Waals surface area contributed by atoms with Gasteiger partial charge in [0.15, 0.2) is 0 Å². The number of benzene rings is 2. The number of Topliss-reactive ketones (excluding diaryl/α,β-unsaturated/α-hetero) is 2. The summed E-state index contributed by atoms with van der Waals surface area (Å²) in [5.74, 6) is -1.68. The number of amides is 1. The molecule has 0 heterocycles. The minimum atomic E-state index is -2.32. The zero-order valence-electron chi connectivity index (χ0n) is 13.6. The molecule has 0 saturated heterocycles. The molecule has 1 aliphatic rings. The van der Waals surface area contributed by atoms with Crippen molar-refractivity contribution in [2.45, 2.75) is 26.4 Å². The molecule has 5 nitrogen and oxygen atoms in total. The van der Waals surface area contributed by atoms with Crippen LogP contribution in [0.15, 0.2) is 36.4 Å². The van der Waals surface area contributed by atoms with Crippen molar-refractivity contribution in [1.82, 2.24) is 0 Å². The van der Waals surface area contributed by atoms with E-state index in [1.54, 1.807) is 31.2 Å². The van der Waals surface area contributed by atoms with Crippen molar-refractivity contribution in [3.05, 3.63) is 64.2 Å². The first-order valence-corrected chi connectivity index (χ1v) is 7.57. The van der Waals surface area contributed by atoms with Crippen molar-refractivity contribution in [3.8, 4) is 0 Å². The number of hydrogen-bond acceptors (Lipinski definition) is 4. The summed E-state index contributed by atoms with van der Waals surface area (Å²) in [4.78, 5) is 37.2. The molecule has 5 heteroatoms. The monoisotopic (exact) mass is 323 g/mol. The lowest BCUT2D eigenvalue weighted by Crippen LogP contribution is -2.39. The largest absolute Gasteiger partial charge is 0.370 e. The highest BCUT2D eigenvalue weighted by Crippen LogP contribution is 2.42. The van der Waals surface area contributed by atoms with E-state index in [4.69, 9.17) is 0 Å². The molecule has 122 valence electrons. The standard InChI is InChI=1S/C19H17NO4/c1-10-8-11(2)16(15(9-10)20-12(3)21)19(24)17(22)13-6-4-5-7-14(13)18(19)23/h4-9,24H,1-3H3,(H,20,21). The van der Waals surface area contributed by atoms with Gasteiger partial charge in [0.2, 0.25) is 23.1 Å². The molecular formula is C19H17NO4. The van der Waals surface area contributed by atoms with E-state index in [1.807, 2.05) is 6.92 Å². The fourth-order valence-electron chi connectivity index (χ4n) is 3.34. The maximum absolute atomic E-state index is 12.8. The second-order valence-corrected chi connectivity index (χ2v) is 6.10. The number of nitrogens with one attached hydrogen (secondary N) is 1. The molecule has 0 atom stereocenters. The number of ketones is 2. The number of anilines is 1. The van der Waals surface area contributed by atoms with E-state index >= 15 is 0 Å². The average Bonchev–Trinajstić information content (AvgIpc) is 2.69. The second-order valence-electron chi connectivity index (χ2n) is 6.10. The summed E-state index contributed by atoms with van der Waals surface area (Å²) in [7, 11) is 0. The van der Waals surface area contributed by atoms with Gasteiger partial charge in [-0.15, -0.1) is 0 Å². The van der Waals surface area contributed by atoms with Gasteiger partial charge in [-0.1, -0.05) is 30.3 Å². The Labute approximate surface area is 139 Å². The first-order chi connectivity index (χ1) is 11.3. The molecule has 0 bridgehead atoms. The third-order valence-electron chi connectivity index (χ3n) is 4.23. The molecule has 1 amide bonds. The Morgan fingerprint density at radius 3 is 2.08 bits per heavy atom. The molecule has 2 aromatic rings. The van der Waals surface area contributed by atoms with E-state index < -0.39 is 17.2 Å². The number of carbonyl (C=O) groups is 3. The lowest BCUT2D eigenvalue weighted by molar-refractivity contribution is -0.114. The summed E-state index contributed by atoms with van der Waals surface area (Å²) in [6.45, 7) is 4.87. The lowest BCUT2D eigenvalue weighted by atomic mass is 9.83. The Morgan fingerprint density at radius 2 is 1.58 bits per heavy atom. The third kappa shape index (κ3) is 2.17. The molecule has 2 N–H and O–H groups in total.